The van der Waals surface area contributed by atoms with E-state index in [2.05, 4.69) is 20.5 Å². The van der Waals surface area contributed by atoms with Crippen LogP contribution in [0.2, 0.25) is 0 Å². The number of hydrogen-bond acceptors (Lipinski definition) is 7. The monoisotopic (exact) mass is 530 g/mol. The molecule has 13 heteroatoms. The van der Waals surface area contributed by atoms with Gasteiger partial charge in [0.25, 0.3) is 0 Å². The molecule has 1 amide bonds. The number of carbonyl (C=O) groups is 1. The highest BCUT2D eigenvalue weighted by Gasteiger charge is 2.47. The van der Waals surface area contributed by atoms with Crippen LogP contribution in [0, 0.1) is 0 Å². The zero-order valence-corrected chi connectivity index (χ0v) is 20.3. The zero-order valence-electron chi connectivity index (χ0n) is 20.3. The number of rotatable bonds is 7. The van der Waals surface area contributed by atoms with Crippen molar-refractivity contribution in [3.63, 3.8) is 0 Å². The second kappa shape index (κ2) is 10.1. The number of carboxylic acid groups (broad SMARTS) is 1. The van der Waals surface area contributed by atoms with Gasteiger partial charge in [0.1, 0.15) is 29.6 Å². The predicted octanol–water partition coefficient (Wildman–Crippen LogP) is 3.65. The molecule has 0 spiro atoms. The van der Waals surface area contributed by atoms with Gasteiger partial charge in [0, 0.05) is 30.7 Å². The lowest BCUT2D eigenvalue weighted by Crippen LogP contribution is -2.40. The second-order valence-corrected chi connectivity index (χ2v) is 9.27. The molecule has 1 aliphatic rings. The summed E-state index contributed by atoms with van der Waals surface area (Å²) >= 11 is 0. The summed E-state index contributed by atoms with van der Waals surface area (Å²) in [5, 5.41) is 29.9. The maximum Gasteiger partial charge on any atom is 0.408 e. The normalized spacial score (nSPS) is 18.1. The van der Waals surface area contributed by atoms with Crippen molar-refractivity contribution < 1.29 is 32.9 Å². The van der Waals surface area contributed by atoms with Gasteiger partial charge < -0.3 is 20.3 Å². The number of para-hydroxylation sites is 1. The summed E-state index contributed by atoms with van der Waals surface area (Å²) in [4.78, 5) is 16.8. The van der Waals surface area contributed by atoms with Crippen LogP contribution in [-0.4, -0.2) is 78.8 Å². The van der Waals surface area contributed by atoms with Crippen molar-refractivity contribution >= 4 is 22.6 Å². The maximum atomic E-state index is 14.3. The molecule has 0 bridgehead atoms. The standard InChI is InChI=1S/C25H25F3N6O4/c1-14(35)13-38-19-4-2-3-15-5-7-18(30-21(15)19)23-32-31-20-8-6-16(11-34(20)23)22(25(26,27)28)33-10-9-17(12-33)29-24(36)37/h2-8,11,14,17,22,29,35H,9-10,12-13H2,1H3,(H,36,37)/t14?,17?,22-/m1/s1. The van der Waals surface area contributed by atoms with E-state index in [4.69, 9.17) is 9.84 Å². The highest BCUT2D eigenvalue weighted by atomic mass is 19.4. The predicted molar refractivity (Wildman–Crippen MR) is 131 cm³/mol. The number of hydrogen-bond donors (Lipinski definition) is 3. The molecule has 1 saturated heterocycles. The first kappa shape index (κ1) is 25.7. The Kier molecular flexibility index (Phi) is 6.80. The number of nitrogens with one attached hydrogen (secondary N) is 1. The molecule has 1 aliphatic heterocycles. The molecular weight excluding hydrogens is 505 g/mol. The van der Waals surface area contributed by atoms with E-state index in [0.717, 1.165) is 5.39 Å². The number of halogens is 3. The maximum absolute atomic E-state index is 14.3. The summed E-state index contributed by atoms with van der Waals surface area (Å²) < 4.78 is 50.0. The number of alkyl halides is 3. The number of fused-ring (bicyclic) bond motifs is 2. The van der Waals surface area contributed by atoms with E-state index in [1.165, 1.54) is 27.6 Å². The lowest BCUT2D eigenvalue weighted by atomic mass is 10.1. The fourth-order valence-electron chi connectivity index (χ4n) is 4.74. The molecule has 3 atom stereocenters. The molecule has 3 aromatic heterocycles. The van der Waals surface area contributed by atoms with Gasteiger partial charge in [-0.2, -0.15) is 13.2 Å². The average Bonchev–Trinajstić information content (AvgIpc) is 3.48. The first-order valence-corrected chi connectivity index (χ1v) is 12.0. The summed E-state index contributed by atoms with van der Waals surface area (Å²) in [6.07, 6.45) is -4.92. The molecule has 0 saturated carbocycles. The van der Waals surface area contributed by atoms with Gasteiger partial charge in [-0.1, -0.05) is 24.3 Å². The summed E-state index contributed by atoms with van der Waals surface area (Å²) in [5.74, 6) is 0.706. The van der Waals surface area contributed by atoms with Crippen molar-refractivity contribution in [1.29, 1.82) is 0 Å². The molecule has 1 aromatic carbocycles. The summed E-state index contributed by atoms with van der Waals surface area (Å²) in [6, 6.07) is 9.17. The molecule has 0 aliphatic carbocycles. The SMILES string of the molecule is CC(O)COc1cccc2ccc(-c3nnc4ccc([C@@H](N5CCC(NC(=O)O)C5)C(F)(F)F)cn34)nc12. The highest BCUT2D eigenvalue weighted by Crippen LogP contribution is 2.40. The van der Waals surface area contributed by atoms with Crippen LogP contribution in [0.15, 0.2) is 48.7 Å². The summed E-state index contributed by atoms with van der Waals surface area (Å²) in [7, 11) is 0. The lowest BCUT2D eigenvalue weighted by molar-refractivity contribution is -0.184. The minimum atomic E-state index is -4.60. The third kappa shape index (κ3) is 5.20. The fraction of sp³-hybridized carbons (Fsp3) is 0.360. The van der Waals surface area contributed by atoms with E-state index < -0.39 is 30.5 Å². The largest absolute Gasteiger partial charge is 0.489 e. The van der Waals surface area contributed by atoms with Gasteiger partial charge in [0.15, 0.2) is 11.5 Å². The van der Waals surface area contributed by atoms with E-state index in [0.29, 0.717) is 22.6 Å². The van der Waals surface area contributed by atoms with Crippen LogP contribution in [-0.2, 0) is 0 Å². The molecule has 10 nitrogen and oxygen atoms in total. The number of benzene rings is 1. The fourth-order valence-corrected chi connectivity index (χ4v) is 4.74. The Bertz CT molecular complexity index is 1470. The average molecular weight is 531 g/mol. The molecule has 5 rings (SSSR count). The Labute approximate surface area is 214 Å². The molecule has 3 N–H and O–H groups in total. The van der Waals surface area contributed by atoms with E-state index in [1.807, 2.05) is 6.07 Å². The molecule has 4 heterocycles. The van der Waals surface area contributed by atoms with Gasteiger partial charge in [0.2, 0.25) is 0 Å². The van der Waals surface area contributed by atoms with E-state index in [-0.39, 0.29) is 37.5 Å². The number of pyridine rings is 2. The molecule has 38 heavy (non-hydrogen) atoms. The topological polar surface area (TPSA) is 125 Å². The molecule has 4 aromatic rings. The van der Waals surface area contributed by atoms with Gasteiger partial charge in [-0.25, -0.2) is 9.78 Å². The Hall–Kier alpha value is -3.97. The lowest BCUT2D eigenvalue weighted by Gasteiger charge is -2.30. The Morgan fingerprint density at radius 1 is 1.21 bits per heavy atom. The van der Waals surface area contributed by atoms with Crippen LogP contribution in [0.4, 0.5) is 18.0 Å². The number of ether oxygens (including phenoxy) is 1. The van der Waals surface area contributed by atoms with Gasteiger partial charge >= 0.3 is 12.3 Å². The Morgan fingerprint density at radius 2 is 2.03 bits per heavy atom. The third-order valence-electron chi connectivity index (χ3n) is 6.36. The minimum Gasteiger partial charge on any atom is -0.489 e. The van der Waals surface area contributed by atoms with Crippen LogP contribution in [0.25, 0.3) is 28.1 Å². The van der Waals surface area contributed by atoms with Crippen LogP contribution in [0.3, 0.4) is 0 Å². The van der Waals surface area contributed by atoms with E-state index >= 15 is 0 Å². The quantitative estimate of drug-likeness (QED) is 0.331. The zero-order chi connectivity index (χ0) is 27.0. The summed E-state index contributed by atoms with van der Waals surface area (Å²) in [6.45, 7) is 1.69. The van der Waals surface area contributed by atoms with Crippen molar-refractivity contribution in [1.82, 2.24) is 29.8 Å². The van der Waals surface area contributed by atoms with Crippen LogP contribution in [0.5, 0.6) is 5.75 Å². The second-order valence-electron chi connectivity index (χ2n) is 9.27. The molecule has 1 fully saturated rings. The van der Waals surface area contributed by atoms with Crippen LogP contribution in [0.1, 0.15) is 24.9 Å². The number of aliphatic hydroxyl groups excluding tert-OH is 1. The number of aliphatic hydroxyl groups is 1. The van der Waals surface area contributed by atoms with Gasteiger partial charge in [-0.15, -0.1) is 10.2 Å². The number of nitrogens with zero attached hydrogens (tertiary/aromatic N) is 5. The smallest absolute Gasteiger partial charge is 0.408 e. The number of aromatic nitrogens is 4. The number of amides is 1. The first-order chi connectivity index (χ1) is 18.1. The van der Waals surface area contributed by atoms with Gasteiger partial charge in [0.05, 0.1) is 6.10 Å². The van der Waals surface area contributed by atoms with E-state index in [1.54, 1.807) is 31.2 Å². The summed E-state index contributed by atoms with van der Waals surface area (Å²) in [5.41, 5.74) is 1.22. The molecule has 0 radical (unpaired) electrons. The Morgan fingerprint density at radius 3 is 2.76 bits per heavy atom. The molecule has 200 valence electrons. The van der Waals surface area contributed by atoms with Crippen molar-refractivity contribution in [3.05, 3.63) is 54.2 Å². The molecular formula is C25H25F3N6O4. The van der Waals surface area contributed by atoms with Crippen molar-refractivity contribution in [2.24, 2.45) is 0 Å². The first-order valence-electron chi connectivity index (χ1n) is 12.0. The highest BCUT2D eigenvalue weighted by molar-refractivity contribution is 5.86. The van der Waals surface area contributed by atoms with Crippen molar-refractivity contribution in [3.8, 4) is 17.3 Å². The Balaban J connectivity index is 1.53. The minimum absolute atomic E-state index is 0.0243. The van der Waals surface area contributed by atoms with Gasteiger partial charge in [-0.3, -0.25) is 9.30 Å². The molecule has 2 unspecified atom stereocenters. The number of likely N-dealkylation sites (tertiary alicyclic amines) is 1. The third-order valence-corrected chi connectivity index (χ3v) is 6.36. The van der Waals surface area contributed by atoms with Crippen LogP contribution < -0.4 is 10.1 Å². The van der Waals surface area contributed by atoms with Crippen molar-refractivity contribution in [2.75, 3.05) is 19.7 Å². The van der Waals surface area contributed by atoms with Crippen molar-refractivity contribution in [2.45, 2.75) is 37.7 Å². The van der Waals surface area contributed by atoms with Crippen LogP contribution >= 0.6 is 0 Å². The van der Waals surface area contributed by atoms with Gasteiger partial charge in [-0.05, 0) is 37.1 Å². The van der Waals surface area contributed by atoms with E-state index in [9.17, 15) is 23.1 Å².